The molecule has 1 unspecified atom stereocenters. The van der Waals surface area contributed by atoms with Crippen LogP contribution in [0.5, 0.6) is 5.88 Å². The van der Waals surface area contributed by atoms with Crippen LogP contribution in [-0.4, -0.2) is 30.7 Å². The van der Waals surface area contributed by atoms with Crippen LogP contribution < -0.4 is 15.4 Å². The van der Waals surface area contributed by atoms with E-state index >= 15 is 0 Å². The summed E-state index contributed by atoms with van der Waals surface area (Å²) in [5, 5.41) is 6.85. The van der Waals surface area contributed by atoms with Crippen molar-refractivity contribution in [1.29, 1.82) is 0 Å². The fourth-order valence-corrected chi connectivity index (χ4v) is 1.91. The minimum Gasteiger partial charge on any atom is -0.478 e. The highest BCUT2D eigenvalue weighted by Gasteiger charge is 2.12. The Labute approximate surface area is 96.4 Å². The molecule has 88 valence electrons. The first-order valence-electron chi connectivity index (χ1n) is 5.94. The Morgan fingerprint density at radius 2 is 2.50 bits per heavy atom. The van der Waals surface area contributed by atoms with Gasteiger partial charge in [-0.3, -0.25) is 0 Å². The topological polar surface area (TPSA) is 46.2 Å². The molecular formula is C12H19N3O. The van der Waals surface area contributed by atoms with E-state index in [0.29, 0.717) is 18.5 Å². The summed E-state index contributed by atoms with van der Waals surface area (Å²) in [6.07, 6.45) is 4.29. The van der Waals surface area contributed by atoms with Crippen molar-refractivity contribution >= 4 is 5.69 Å². The first-order valence-corrected chi connectivity index (χ1v) is 5.94. The average Bonchev–Trinajstić information content (AvgIpc) is 2.33. The third-order valence-electron chi connectivity index (χ3n) is 2.70. The zero-order chi connectivity index (χ0) is 11.2. The molecule has 2 heterocycles. The van der Waals surface area contributed by atoms with Crippen LogP contribution in [0.25, 0.3) is 0 Å². The van der Waals surface area contributed by atoms with Crippen molar-refractivity contribution in [1.82, 2.24) is 10.3 Å². The highest BCUT2D eigenvalue weighted by atomic mass is 16.5. The van der Waals surface area contributed by atoms with E-state index < -0.39 is 0 Å². The van der Waals surface area contributed by atoms with Gasteiger partial charge in [-0.2, -0.15) is 0 Å². The summed E-state index contributed by atoms with van der Waals surface area (Å²) < 4.78 is 5.30. The number of anilines is 1. The van der Waals surface area contributed by atoms with Gasteiger partial charge in [0.2, 0.25) is 5.88 Å². The monoisotopic (exact) mass is 221 g/mol. The maximum Gasteiger partial charge on any atom is 0.213 e. The number of aromatic nitrogens is 1. The normalized spacial score (nSPS) is 20.4. The second-order valence-corrected chi connectivity index (χ2v) is 4.01. The lowest BCUT2D eigenvalue weighted by molar-refractivity contribution is 0.327. The van der Waals surface area contributed by atoms with Crippen molar-refractivity contribution in [2.75, 3.05) is 25.0 Å². The van der Waals surface area contributed by atoms with Crippen molar-refractivity contribution < 1.29 is 4.74 Å². The number of ether oxygens (including phenoxy) is 1. The predicted molar refractivity (Wildman–Crippen MR) is 64.9 cm³/mol. The van der Waals surface area contributed by atoms with Gasteiger partial charge in [-0.1, -0.05) is 0 Å². The zero-order valence-corrected chi connectivity index (χ0v) is 9.70. The van der Waals surface area contributed by atoms with Gasteiger partial charge in [-0.05, 0) is 32.4 Å². The van der Waals surface area contributed by atoms with E-state index in [0.717, 1.165) is 18.8 Å². The van der Waals surface area contributed by atoms with Gasteiger partial charge < -0.3 is 15.4 Å². The van der Waals surface area contributed by atoms with E-state index in [2.05, 4.69) is 15.6 Å². The van der Waals surface area contributed by atoms with E-state index in [1.165, 1.54) is 12.8 Å². The average molecular weight is 221 g/mol. The first-order chi connectivity index (χ1) is 7.88. The molecule has 16 heavy (non-hydrogen) atoms. The Bertz CT molecular complexity index is 307. The molecule has 0 spiro atoms. The number of nitrogens with zero attached hydrogens (tertiary/aromatic N) is 1. The molecule has 2 N–H and O–H groups in total. The maximum absolute atomic E-state index is 5.30. The van der Waals surface area contributed by atoms with Gasteiger partial charge in [0, 0.05) is 18.7 Å². The maximum atomic E-state index is 5.30. The van der Waals surface area contributed by atoms with Crippen LogP contribution in [0.1, 0.15) is 19.8 Å². The summed E-state index contributed by atoms with van der Waals surface area (Å²) >= 11 is 0. The summed E-state index contributed by atoms with van der Waals surface area (Å²) in [6.45, 7) is 4.79. The van der Waals surface area contributed by atoms with E-state index in [-0.39, 0.29) is 0 Å². The number of hydrogen-bond acceptors (Lipinski definition) is 4. The number of piperidine rings is 1. The van der Waals surface area contributed by atoms with Crippen LogP contribution in [0.3, 0.4) is 0 Å². The number of pyridine rings is 1. The molecule has 0 bridgehead atoms. The predicted octanol–water partition coefficient (Wildman–Crippen LogP) is 1.64. The Hall–Kier alpha value is -1.29. The van der Waals surface area contributed by atoms with Crippen molar-refractivity contribution in [3.63, 3.8) is 0 Å². The number of rotatable bonds is 4. The number of hydrogen-bond donors (Lipinski definition) is 2. The van der Waals surface area contributed by atoms with Crippen molar-refractivity contribution in [3.8, 4) is 5.88 Å². The SMILES string of the molecule is CCOc1ccc(NC2CCCNC2)cn1. The zero-order valence-electron chi connectivity index (χ0n) is 9.70. The van der Waals surface area contributed by atoms with Crippen LogP contribution in [0.2, 0.25) is 0 Å². The summed E-state index contributed by atoms with van der Waals surface area (Å²) in [7, 11) is 0. The quantitative estimate of drug-likeness (QED) is 0.811. The highest BCUT2D eigenvalue weighted by Crippen LogP contribution is 2.14. The largest absolute Gasteiger partial charge is 0.478 e. The Balaban J connectivity index is 1.88. The van der Waals surface area contributed by atoms with Crippen molar-refractivity contribution in [2.45, 2.75) is 25.8 Å². The standard InChI is InChI=1S/C12H19N3O/c1-2-16-12-6-5-11(9-14-12)15-10-4-3-7-13-8-10/h5-6,9-10,13,15H,2-4,7-8H2,1H3. The molecule has 1 aliphatic heterocycles. The Kier molecular flexibility index (Phi) is 3.99. The fourth-order valence-electron chi connectivity index (χ4n) is 1.91. The van der Waals surface area contributed by atoms with E-state index in [9.17, 15) is 0 Å². The Morgan fingerprint density at radius 3 is 3.12 bits per heavy atom. The van der Waals surface area contributed by atoms with Crippen LogP contribution in [0.4, 0.5) is 5.69 Å². The van der Waals surface area contributed by atoms with E-state index in [4.69, 9.17) is 4.74 Å². The molecule has 4 nitrogen and oxygen atoms in total. The van der Waals surface area contributed by atoms with E-state index in [1.807, 2.05) is 25.3 Å². The molecule has 0 saturated carbocycles. The molecule has 1 aromatic rings. The lowest BCUT2D eigenvalue weighted by Crippen LogP contribution is -2.38. The molecule has 1 fully saturated rings. The molecule has 4 heteroatoms. The third-order valence-corrected chi connectivity index (χ3v) is 2.70. The molecular weight excluding hydrogens is 202 g/mol. The molecule has 2 rings (SSSR count). The van der Waals surface area contributed by atoms with Gasteiger partial charge >= 0.3 is 0 Å². The smallest absolute Gasteiger partial charge is 0.213 e. The molecule has 1 saturated heterocycles. The second-order valence-electron chi connectivity index (χ2n) is 4.01. The van der Waals surface area contributed by atoms with Crippen molar-refractivity contribution in [3.05, 3.63) is 18.3 Å². The van der Waals surface area contributed by atoms with Crippen LogP contribution >= 0.6 is 0 Å². The third kappa shape index (κ3) is 3.10. The van der Waals surface area contributed by atoms with Gasteiger partial charge in [0.15, 0.2) is 0 Å². The molecule has 0 amide bonds. The lowest BCUT2D eigenvalue weighted by Gasteiger charge is -2.24. The molecule has 0 radical (unpaired) electrons. The summed E-state index contributed by atoms with van der Waals surface area (Å²) in [5.41, 5.74) is 1.07. The first kappa shape index (κ1) is 11.2. The minimum absolute atomic E-state index is 0.522. The molecule has 1 aliphatic rings. The molecule has 0 aliphatic carbocycles. The van der Waals surface area contributed by atoms with Gasteiger partial charge in [-0.15, -0.1) is 0 Å². The number of nitrogens with one attached hydrogen (secondary N) is 2. The molecule has 0 aromatic carbocycles. The summed E-state index contributed by atoms with van der Waals surface area (Å²) in [4.78, 5) is 4.23. The van der Waals surface area contributed by atoms with Gasteiger partial charge in [0.25, 0.3) is 0 Å². The van der Waals surface area contributed by atoms with Crippen molar-refractivity contribution in [2.24, 2.45) is 0 Å². The van der Waals surface area contributed by atoms with Crippen LogP contribution in [0, 0.1) is 0 Å². The van der Waals surface area contributed by atoms with Gasteiger partial charge in [0.05, 0.1) is 18.5 Å². The second kappa shape index (κ2) is 5.70. The minimum atomic E-state index is 0.522. The van der Waals surface area contributed by atoms with E-state index in [1.54, 1.807) is 0 Å². The van der Waals surface area contributed by atoms with Crippen LogP contribution in [0.15, 0.2) is 18.3 Å². The lowest BCUT2D eigenvalue weighted by atomic mass is 10.1. The highest BCUT2D eigenvalue weighted by molar-refractivity contribution is 5.43. The fraction of sp³-hybridized carbons (Fsp3) is 0.583. The molecule has 1 atom stereocenters. The van der Waals surface area contributed by atoms with Gasteiger partial charge in [-0.25, -0.2) is 4.98 Å². The van der Waals surface area contributed by atoms with Gasteiger partial charge in [0.1, 0.15) is 0 Å². The summed E-state index contributed by atoms with van der Waals surface area (Å²) in [5.74, 6) is 0.690. The Morgan fingerprint density at radius 1 is 1.56 bits per heavy atom. The summed E-state index contributed by atoms with van der Waals surface area (Å²) in [6, 6.07) is 4.45. The van der Waals surface area contributed by atoms with Crippen LogP contribution in [-0.2, 0) is 0 Å². The molecule has 1 aromatic heterocycles.